The zero-order chi connectivity index (χ0) is 22.9. The lowest BCUT2D eigenvalue weighted by Crippen LogP contribution is -2.28. The van der Waals surface area contributed by atoms with Gasteiger partial charge in [-0.05, 0) is 50.2 Å². The Balaban J connectivity index is 1.50. The zero-order valence-corrected chi connectivity index (χ0v) is 20.1. The van der Waals surface area contributed by atoms with E-state index in [9.17, 15) is 9.59 Å². The smallest absolute Gasteiger partial charge is 0.267 e. The first-order valence-electron chi connectivity index (χ1n) is 10.7. The average Bonchev–Trinajstić information content (AvgIpc) is 3.44. The number of aromatic nitrogens is 2. The van der Waals surface area contributed by atoms with Gasteiger partial charge < -0.3 is 14.6 Å². The van der Waals surface area contributed by atoms with Crippen molar-refractivity contribution in [3.63, 3.8) is 0 Å². The Hall–Kier alpha value is -2.88. The molecule has 0 unspecified atom stereocenters. The van der Waals surface area contributed by atoms with Crippen LogP contribution >= 0.6 is 23.1 Å². The Labute approximate surface area is 199 Å². The predicted octanol–water partition coefficient (Wildman–Crippen LogP) is 3.75. The van der Waals surface area contributed by atoms with Gasteiger partial charge in [0.25, 0.3) is 5.56 Å². The van der Waals surface area contributed by atoms with E-state index in [4.69, 9.17) is 9.40 Å². The molecule has 7 nitrogen and oxygen atoms in total. The van der Waals surface area contributed by atoms with Gasteiger partial charge in [-0.25, -0.2) is 4.98 Å². The molecule has 0 spiro atoms. The van der Waals surface area contributed by atoms with Crippen molar-refractivity contribution in [1.29, 1.82) is 0 Å². The second kappa shape index (κ2) is 9.17. The number of thiophene rings is 1. The van der Waals surface area contributed by atoms with E-state index in [2.05, 4.69) is 17.3 Å². The maximum Gasteiger partial charge on any atom is 0.267 e. The molecule has 1 aromatic carbocycles. The number of aryl methyl sites for hydroxylation is 1. The summed E-state index contributed by atoms with van der Waals surface area (Å²) in [7, 11) is 2.09. The van der Waals surface area contributed by atoms with Gasteiger partial charge in [-0.2, -0.15) is 0 Å². The molecule has 1 aliphatic heterocycles. The number of hydrogen-bond acceptors (Lipinski definition) is 7. The van der Waals surface area contributed by atoms with Crippen LogP contribution in [-0.4, -0.2) is 39.7 Å². The van der Waals surface area contributed by atoms with Crippen LogP contribution in [0.2, 0.25) is 0 Å². The quantitative estimate of drug-likeness (QED) is 0.335. The third-order valence-corrected chi connectivity index (χ3v) is 7.75. The van der Waals surface area contributed by atoms with Gasteiger partial charge in [0.1, 0.15) is 10.6 Å². The summed E-state index contributed by atoms with van der Waals surface area (Å²) in [4.78, 5) is 35.3. The highest BCUT2D eigenvalue weighted by atomic mass is 32.2. The largest absolute Gasteiger partial charge is 0.467 e. The van der Waals surface area contributed by atoms with Crippen molar-refractivity contribution in [2.24, 2.45) is 0 Å². The van der Waals surface area contributed by atoms with Crippen molar-refractivity contribution in [3.05, 3.63) is 74.8 Å². The molecule has 0 radical (unpaired) electrons. The van der Waals surface area contributed by atoms with Crippen molar-refractivity contribution in [2.45, 2.75) is 31.6 Å². The highest BCUT2D eigenvalue weighted by molar-refractivity contribution is 7.99. The van der Waals surface area contributed by atoms with Gasteiger partial charge in [-0.3, -0.25) is 14.2 Å². The molecule has 33 heavy (non-hydrogen) atoms. The number of rotatable bonds is 6. The average molecular weight is 481 g/mol. The van der Waals surface area contributed by atoms with Crippen LogP contribution in [0, 0.1) is 6.92 Å². The summed E-state index contributed by atoms with van der Waals surface area (Å²) in [6.07, 6.45) is 2.42. The number of hydrogen-bond donors (Lipinski definition) is 1. The SMILES string of the molecule is Cc1ccc(-n2c(SCC(=O)NCc3ccco3)nc3sc4c(c3c2=O)CCN(C)C4)cc1. The van der Waals surface area contributed by atoms with Crippen LogP contribution in [0.3, 0.4) is 0 Å². The predicted molar refractivity (Wildman–Crippen MR) is 131 cm³/mol. The normalized spacial score (nSPS) is 13.9. The monoisotopic (exact) mass is 480 g/mol. The zero-order valence-electron chi connectivity index (χ0n) is 18.5. The van der Waals surface area contributed by atoms with E-state index in [0.29, 0.717) is 17.5 Å². The lowest BCUT2D eigenvalue weighted by molar-refractivity contribution is -0.118. The first-order valence-corrected chi connectivity index (χ1v) is 12.5. The highest BCUT2D eigenvalue weighted by Gasteiger charge is 2.24. The van der Waals surface area contributed by atoms with E-state index < -0.39 is 0 Å². The summed E-state index contributed by atoms with van der Waals surface area (Å²) in [5.41, 5.74) is 2.93. The molecule has 1 amide bonds. The molecule has 1 aliphatic rings. The van der Waals surface area contributed by atoms with Crippen molar-refractivity contribution < 1.29 is 9.21 Å². The van der Waals surface area contributed by atoms with Gasteiger partial charge in [-0.15, -0.1) is 11.3 Å². The minimum atomic E-state index is -0.145. The number of benzene rings is 1. The molecule has 0 fully saturated rings. The van der Waals surface area contributed by atoms with E-state index >= 15 is 0 Å². The second-order valence-corrected chi connectivity index (χ2v) is 10.2. The number of amides is 1. The summed E-state index contributed by atoms with van der Waals surface area (Å²) >= 11 is 2.86. The maximum absolute atomic E-state index is 13.8. The van der Waals surface area contributed by atoms with E-state index in [-0.39, 0.29) is 17.2 Å². The van der Waals surface area contributed by atoms with Crippen LogP contribution < -0.4 is 10.9 Å². The molecule has 4 heterocycles. The summed E-state index contributed by atoms with van der Waals surface area (Å²) in [5.74, 6) is 0.699. The van der Waals surface area contributed by atoms with E-state index in [1.807, 2.05) is 37.3 Å². The van der Waals surface area contributed by atoms with Crippen molar-refractivity contribution >= 4 is 39.2 Å². The third kappa shape index (κ3) is 4.48. The first-order chi connectivity index (χ1) is 16.0. The molecule has 1 N–H and O–H groups in total. The number of likely N-dealkylation sites (N-methyl/N-ethyl adjacent to an activating group) is 1. The molecule has 5 rings (SSSR count). The van der Waals surface area contributed by atoms with Crippen molar-refractivity contribution in [3.8, 4) is 5.69 Å². The van der Waals surface area contributed by atoms with Gasteiger partial charge in [-0.1, -0.05) is 29.5 Å². The number of fused-ring (bicyclic) bond motifs is 3. The molecular formula is C24H24N4O3S2. The number of furan rings is 1. The van der Waals surface area contributed by atoms with Crippen molar-refractivity contribution in [1.82, 2.24) is 19.8 Å². The van der Waals surface area contributed by atoms with Gasteiger partial charge in [0.15, 0.2) is 5.16 Å². The first kappa shape index (κ1) is 21.9. The Morgan fingerprint density at radius 2 is 2.09 bits per heavy atom. The minimum Gasteiger partial charge on any atom is -0.467 e. The summed E-state index contributed by atoms with van der Waals surface area (Å²) < 4.78 is 6.91. The minimum absolute atomic E-state index is 0.0654. The van der Waals surface area contributed by atoms with Gasteiger partial charge >= 0.3 is 0 Å². The van der Waals surface area contributed by atoms with E-state index in [1.165, 1.54) is 16.6 Å². The molecule has 3 aromatic heterocycles. The molecule has 0 bridgehead atoms. The molecule has 4 aromatic rings. The van der Waals surface area contributed by atoms with Gasteiger partial charge in [0.05, 0.1) is 29.6 Å². The summed E-state index contributed by atoms with van der Waals surface area (Å²) in [5, 5.41) is 4.09. The number of thioether (sulfide) groups is 1. The Morgan fingerprint density at radius 3 is 2.85 bits per heavy atom. The summed E-state index contributed by atoms with van der Waals surface area (Å²) in [6, 6.07) is 11.4. The topological polar surface area (TPSA) is 80.4 Å². The fourth-order valence-electron chi connectivity index (χ4n) is 3.95. The molecule has 0 aliphatic carbocycles. The lowest BCUT2D eigenvalue weighted by Gasteiger charge is -2.21. The maximum atomic E-state index is 13.8. The van der Waals surface area contributed by atoms with Crippen LogP contribution in [0.25, 0.3) is 15.9 Å². The number of nitrogens with one attached hydrogen (secondary N) is 1. The fourth-order valence-corrected chi connectivity index (χ4v) is 6.13. The van der Waals surface area contributed by atoms with Crippen LogP contribution in [0.1, 0.15) is 21.8 Å². The Kier molecular flexibility index (Phi) is 6.09. The lowest BCUT2D eigenvalue weighted by atomic mass is 10.1. The van der Waals surface area contributed by atoms with Crippen LogP contribution in [0.15, 0.2) is 57.0 Å². The van der Waals surface area contributed by atoms with Crippen LogP contribution in [0.4, 0.5) is 0 Å². The summed E-state index contributed by atoms with van der Waals surface area (Å²) in [6.45, 7) is 4.10. The van der Waals surface area contributed by atoms with E-state index in [1.54, 1.807) is 28.2 Å². The molecule has 0 atom stereocenters. The Bertz CT molecular complexity index is 1360. The molecule has 0 saturated carbocycles. The van der Waals surface area contributed by atoms with Crippen molar-refractivity contribution in [2.75, 3.05) is 19.3 Å². The van der Waals surface area contributed by atoms with Gasteiger partial charge in [0, 0.05) is 18.0 Å². The third-order valence-electron chi connectivity index (χ3n) is 5.70. The highest BCUT2D eigenvalue weighted by Crippen LogP contribution is 2.34. The Morgan fingerprint density at radius 1 is 1.27 bits per heavy atom. The number of nitrogens with zero attached hydrogens (tertiary/aromatic N) is 3. The number of carbonyl (C=O) groups is 1. The second-order valence-electron chi connectivity index (χ2n) is 8.19. The van der Waals surface area contributed by atoms with Crippen LogP contribution in [0.5, 0.6) is 0 Å². The molecule has 170 valence electrons. The molecule has 9 heteroatoms. The fraction of sp³-hybridized carbons (Fsp3) is 0.292. The van der Waals surface area contributed by atoms with Gasteiger partial charge in [0.2, 0.25) is 5.91 Å². The molecule has 0 saturated heterocycles. The van der Waals surface area contributed by atoms with Crippen LogP contribution in [-0.2, 0) is 24.3 Å². The standard InChI is InChI=1S/C24H24N4O3S2/c1-15-5-7-16(8-6-15)28-23(30)21-18-9-10-27(2)13-19(18)33-22(21)26-24(28)32-14-20(29)25-12-17-4-3-11-31-17/h3-8,11H,9-10,12-14H2,1-2H3,(H,25,29). The number of carbonyl (C=O) groups excluding carboxylic acids is 1. The van der Waals surface area contributed by atoms with E-state index in [0.717, 1.165) is 46.5 Å². The molecular weight excluding hydrogens is 456 g/mol.